The molecule has 0 N–H and O–H groups in total. The Morgan fingerprint density at radius 2 is 2.12 bits per heavy atom. The van der Waals surface area contributed by atoms with Gasteiger partial charge in [-0.15, -0.1) is 6.42 Å². The Morgan fingerprint density at radius 1 is 1.50 bits per heavy atom. The van der Waals surface area contributed by atoms with E-state index in [0.717, 1.165) is 6.42 Å². The van der Waals surface area contributed by atoms with Crippen LogP contribution in [0.2, 0.25) is 0 Å². The molecule has 0 heterocycles. The normalized spacial score (nSPS) is 11.8. The van der Waals surface area contributed by atoms with Gasteiger partial charge in [0.15, 0.2) is 0 Å². The molecule has 0 aromatic heterocycles. The molecule has 0 saturated carbocycles. The van der Waals surface area contributed by atoms with E-state index in [9.17, 15) is 0 Å². The molecule has 0 saturated heterocycles. The number of hydrogen-bond donors (Lipinski definition) is 0. The van der Waals surface area contributed by atoms with Gasteiger partial charge in [-0.2, -0.15) is 6.08 Å². The van der Waals surface area contributed by atoms with Gasteiger partial charge in [-0.1, -0.05) is 22.6 Å². The molecule has 0 aliphatic heterocycles. The van der Waals surface area contributed by atoms with E-state index in [1.54, 1.807) is 0 Å². The molecule has 0 fully saturated rings. The van der Waals surface area contributed by atoms with E-state index >= 15 is 0 Å². The van der Waals surface area contributed by atoms with E-state index in [0.29, 0.717) is 0 Å². The van der Waals surface area contributed by atoms with Crippen LogP contribution in [0.5, 0.6) is 0 Å². The van der Waals surface area contributed by atoms with E-state index in [2.05, 4.69) is 34.7 Å². The molecular weight excluding hydrogens is 290 g/mol. The average molecular weight is 298 g/mol. The van der Waals surface area contributed by atoms with Gasteiger partial charge in [-0.05, 0) is 4.93 Å². The van der Waals surface area contributed by atoms with Gasteiger partial charge >= 0.3 is 0 Å². The predicted molar refractivity (Wildman–Crippen MR) is 41.5 cm³/mol. The summed E-state index contributed by atoms with van der Waals surface area (Å²) in [6, 6.07) is 0. The molecule has 1 rings (SSSR count). The van der Waals surface area contributed by atoms with E-state index < -0.39 is 0 Å². The number of halogens is 1. The van der Waals surface area contributed by atoms with Crippen LogP contribution in [0.3, 0.4) is 0 Å². The first-order chi connectivity index (χ1) is 3.50. The minimum atomic E-state index is 0. The van der Waals surface area contributed by atoms with Gasteiger partial charge in [0, 0.05) is 26.2 Å². The maximum absolute atomic E-state index is 2.99. The van der Waals surface area contributed by atoms with Crippen molar-refractivity contribution in [2.45, 2.75) is 6.42 Å². The second-order valence-electron chi connectivity index (χ2n) is 1.00. The number of rotatable bonds is 0. The minimum absolute atomic E-state index is 0. The summed E-state index contributed by atoms with van der Waals surface area (Å²) >= 11 is 2.15. The SMILES string of the molecule is CI.[C-]1=CC=CC1.[Zr]. The van der Waals surface area contributed by atoms with Gasteiger partial charge in [-0.3, -0.25) is 6.08 Å². The topological polar surface area (TPSA) is 0 Å². The molecule has 8 heavy (non-hydrogen) atoms. The molecular formula is C6H8IZr-. The van der Waals surface area contributed by atoms with E-state index in [1.165, 1.54) is 0 Å². The molecule has 0 nitrogen and oxygen atoms in total. The van der Waals surface area contributed by atoms with Crippen molar-refractivity contribution in [3.05, 3.63) is 24.3 Å². The third-order valence-electron chi connectivity index (χ3n) is 0.586. The number of alkyl halides is 1. The maximum Gasteiger partial charge on any atom is 0 e. The fourth-order valence-corrected chi connectivity index (χ4v) is 0.340. The summed E-state index contributed by atoms with van der Waals surface area (Å²) in [5, 5.41) is 0. The van der Waals surface area contributed by atoms with Crippen LogP contribution < -0.4 is 0 Å². The van der Waals surface area contributed by atoms with Crippen LogP contribution in [-0.4, -0.2) is 4.93 Å². The maximum atomic E-state index is 2.99. The first-order valence-electron chi connectivity index (χ1n) is 2.10. The molecule has 0 spiro atoms. The van der Waals surface area contributed by atoms with Crippen molar-refractivity contribution in [2.24, 2.45) is 0 Å². The standard InChI is InChI=1S/C5H5.CH3I.Zr/c1-2-4-5-3-1;1-2;/h1-3H,4H2;1H3;/q-1;;. The average Bonchev–Trinajstić information content (AvgIpc) is 2.23. The summed E-state index contributed by atoms with van der Waals surface area (Å²) in [4.78, 5) is 1.97. The van der Waals surface area contributed by atoms with Gasteiger partial charge in [0.05, 0.1) is 0 Å². The summed E-state index contributed by atoms with van der Waals surface area (Å²) in [6.07, 6.45) is 10.0. The molecule has 0 amide bonds. The summed E-state index contributed by atoms with van der Waals surface area (Å²) in [5.41, 5.74) is 0. The zero-order chi connectivity index (χ0) is 5.54. The Morgan fingerprint density at radius 3 is 2.25 bits per heavy atom. The van der Waals surface area contributed by atoms with E-state index in [1.807, 2.05) is 17.1 Å². The van der Waals surface area contributed by atoms with E-state index in [4.69, 9.17) is 0 Å². The summed E-state index contributed by atoms with van der Waals surface area (Å²) in [6.45, 7) is 0. The van der Waals surface area contributed by atoms with Crippen molar-refractivity contribution in [1.29, 1.82) is 0 Å². The van der Waals surface area contributed by atoms with Crippen molar-refractivity contribution in [2.75, 3.05) is 4.93 Å². The monoisotopic (exact) mass is 297 g/mol. The quantitative estimate of drug-likeness (QED) is 0.366. The fraction of sp³-hybridized carbons (Fsp3) is 0.333. The van der Waals surface area contributed by atoms with Gasteiger partial charge < -0.3 is 0 Å². The number of hydrogen-bond acceptors (Lipinski definition) is 0. The van der Waals surface area contributed by atoms with Crippen LogP contribution in [0.1, 0.15) is 6.42 Å². The van der Waals surface area contributed by atoms with Gasteiger partial charge in [0.2, 0.25) is 0 Å². The Bertz CT molecular complexity index is 66.6. The minimum Gasteiger partial charge on any atom is -0.273 e. The molecule has 0 atom stereocenters. The second kappa shape index (κ2) is 11.0. The van der Waals surface area contributed by atoms with Crippen molar-refractivity contribution in [3.8, 4) is 0 Å². The van der Waals surface area contributed by atoms with Crippen LogP contribution >= 0.6 is 22.6 Å². The van der Waals surface area contributed by atoms with Crippen LogP contribution in [0.4, 0.5) is 0 Å². The molecule has 44 valence electrons. The van der Waals surface area contributed by atoms with E-state index in [-0.39, 0.29) is 26.2 Å². The van der Waals surface area contributed by atoms with Crippen molar-refractivity contribution in [3.63, 3.8) is 0 Å². The summed E-state index contributed by atoms with van der Waals surface area (Å²) < 4.78 is 0. The van der Waals surface area contributed by atoms with Gasteiger partial charge in [0.1, 0.15) is 0 Å². The smallest absolute Gasteiger partial charge is 0 e. The predicted octanol–water partition coefficient (Wildman–Crippen LogP) is 2.35. The molecule has 2 heteroatoms. The largest absolute Gasteiger partial charge is 0.273 e. The fourth-order valence-electron chi connectivity index (χ4n) is 0.340. The van der Waals surface area contributed by atoms with Crippen molar-refractivity contribution >= 4 is 22.6 Å². The Hall–Kier alpha value is 1.09. The van der Waals surface area contributed by atoms with Crippen molar-refractivity contribution < 1.29 is 26.2 Å². The second-order valence-corrected chi connectivity index (χ2v) is 1.00. The zero-order valence-corrected chi connectivity index (χ0v) is 9.43. The summed E-state index contributed by atoms with van der Waals surface area (Å²) in [7, 11) is 0. The third kappa shape index (κ3) is 7.09. The van der Waals surface area contributed by atoms with Gasteiger partial charge in [-0.25, -0.2) is 12.2 Å². The molecule has 0 unspecified atom stereocenters. The Balaban J connectivity index is 0. The zero-order valence-electron chi connectivity index (χ0n) is 4.82. The first kappa shape index (κ1) is 11.8. The molecule has 0 bridgehead atoms. The number of allylic oxidation sites excluding steroid dienone is 4. The van der Waals surface area contributed by atoms with Gasteiger partial charge in [0.25, 0.3) is 0 Å². The van der Waals surface area contributed by atoms with Crippen LogP contribution in [0.25, 0.3) is 0 Å². The molecule has 0 aromatic rings. The molecule has 0 aromatic carbocycles. The Kier molecular flexibility index (Phi) is 16.2. The molecule has 0 radical (unpaired) electrons. The molecule has 1 aliphatic carbocycles. The summed E-state index contributed by atoms with van der Waals surface area (Å²) in [5.74, 6) is 0. The van der Waals surface area contributed by atoms with Crippen molar-refractivity contribution in [1.82, 2.24) is 0 Å². The third-order valence-corrected chi connectivity index (χ3v) is 0.586. The first-order valence-corrected chi connectivity index (χ1v) is 4.25. The molecule has 1 aliphatic rings. The Labute approximate surface area is 83.7 Å². The van der Waals surface area contributed by atoms with Crippen LogP contribution in [0, 0.1) is 6.08 Å². The van der Waals surface area contributed by atoms with Crippen LogP contribution in [-0.2, 0) is 26.2 Å². The van der Waals surface area contributed by atoms with Crippen LogP contribution in [0.15, 0.2) is 18.2 Å².